The third kappa shape index (κ3) is 3.40. The maximum atomic E-state index is 10.9. The smallest absolute Gasteiger partial charge is 0.335 e. The topological polar surface area (TPSA) is 93.6 Å². The minimum atomic E-state index is -1.03. The summed E-state index contributed by atoms with van der Waals surface area (Å²) in [5.74, 6) is 0.0341. The summed E-state index contributed by atoms with van der Waals surface area (Å²) in [7, 11) is 2.95. The van der Waals surface area contributed by atoms with Gasteiger partial charge in [-0.25, -0.2) is 9.78 Å². The van der Waals surface area contributed by atoms with Gasteiger partial charge in [0.25, 0.3) is 0 Å². The number of hydrogen-bond donors (Lipinski definition) is 2. The van der Waals surface area contributed by atoms with E-state index < -0.39 is 5.97 Å². The number of nitrogens with zero attached hydrogens (tertiary/aromatic N) is 2. The molecule has 8 heteroatoms. The number of carboxylic acid groups (broad SMARTS) is 1. The van der Waals surface area contributed by atoms with Crippen LogP contribution in [0.25, 0.3) is 0 Å². The second-order valence-electron chi connectivity index (χ2n) is 3.90. The monoisotopic (exact) mass is 353 g/mol. The predicted molar refractivity (Wildman–Crippen MR) is 79.5 cm³/mol. The Morgan fingerprint density at radius 1 is 1.33 bits per heavy atom. The van der Waals surface area contributed by atoms with Crippen molar-refractivity contribution in [3.8, 4) is 11.6 Å². The van der Waals surface area contributed by atoms with Crippen LogP contribution < -0.4 is 14.8 Å². The number of methoxy groups -OCH3 is 2. The molecule has 21 heavy (non-hydrogen) atoms. The zero-order valence-electron chi connectivity index (χ0n) is 11.3. The van der Waals surface area contributed by atoms with Gasteiger partial charge in [-0.15, -0.1) is 0 Å². The quantitative estimate of drug-likeness (QED) is 0.853. The van der Waals surface area contributed by atoms with Crippen molar-refractivity contribution in [2.24, 2.45) is 0 Å². The van der Waals surface area contributed by atoms with Gasteiger partial charge in [-0.05, 0) is 34.1 Å². The van der Waals surface area contributed by atoms with Gasteiger partial charge in [-0.3, -0.25) is 0 Å². The van der Waals surface area contributed by atoms with Gasteiger partial charge in [0.15, 0.2) is 0 Å². The van der Waals surface area contributed by atoms with E-state index in [9.17, 15) is 4.79 Å². The first-order valence-corrected chi connectivity index (χ1v) is 6.59. The number of nitrogens with one attached hydrogen (secondary N) is 1. The first-order valence-electron chi connectivity index (χ1n) is 5.80. The summed E-state index contributed by atoms with van der Waals surface area (Å²) in [6.45, 7) is 0. The normalized spacial score (nSPS) is 10.0. The van der Waals surface area contributed by atoms with Gasteiger partial charge in [-0.2, -0.15) is 4.98 Å². The van der Waals surface area contributed by atoms with Crippen LogP contribution in [0.5, 0.6) is 11.6 Å². The Morgan fingerprint density at radius 2 is 2.10 bits per heavy atom. The van der Waals surface area contributed by atoms with E-state index >= 15 is 0 Å². The van der Waals surface area contributed by atoms with Gasteiger partial charge < -0.3 is 19.9 Å². The summed E-state index contributed by atoms with van der Waals surface area (Å²) in [4.78, 5) is 19.2. The Hall–Kier alpha value is -2.35. The lowest BCUT2D eigenvalue weighted by Gasteiger charge is -2.11. The highest BCUT2D eigenvalue weighted by molar-refractivity contribution is 9.10. The van der Waals surface area contributed by atoms with Crippen LogP contribution in [-0.4, -0.2) is 35.3 Å². The maximum Gasteiger partial charge on any atom is 0.335 e. The molecule has 0 aliphatic heterocycles. The van der Waals surface area contributed by atoms with Crippen molar-refractivity contribution in [2.45, 2.75) is 0 Å². The van der Waals surface area contributed by atoms with Crippen molar-refractivity contribution in [3.63, 3.8) is 0 Å². The van der Waals surface area contributed by atoms with Gasteiger partial charge in [0, 0.05) is 0 Å². The molecule has 0 bridgehead atoms. The minimum Gasteiger partial charge on any atom is -0.495 e. The van der Waals surface area contributed by atoms with Crippen LogP contribution in [0.15, 0.2) is 28.9 Å². The zero-order valence-corrected chi connectivity index (χ0v) is 12.8. The summed E-state index contributed by atoms with van der Waals surface area (Å²) in [6.07, 6.45) is 1.55. The number of ether oxygens (including phenoxy) is 2. The molecule has 0 aliphatic carbocycles. The number of carbonyl (C=O) groups is 1. The van der Waals surface area contributed by atoms with Gasteiger partial charge in [0.05, 0.1) is 36.1 Å². The summed E-state index contributed by atoms with van der Waals surface area (Å²) in [5.41, 5.74) is 0.679. The van der Waals surface area contributed by atoms with Crippen molar-refractivity contribution in [1.29, 1.82) is 0 Å². The van der Waals surface area contributed by atoms with Crippen molar-refractivity contribution < 1.29 is 19.4 Å². The fourth-order valence-electron chi connectivity index (χ4n) is 1.60. The number of hydrogen-bond acceptors (Lipinski definition) is 6. The Morgan fingerprint density at radius 3 is 2.71 bits per heavy atom. The van der Waals surface area contributed by atoms with Crippen LogP contribution in [0.2, 0.25) is 0 Å². The highest BCUT2D eigenvalue weighted by atomic mass is 79.9. The summed E-state index contributed by atoms with van der Waals surface area (Å²) < 4.78 is 10.9. The fraction of sp³-hybridized carbons (Fsp3) is 0.154. The molecule has 0 atom stereocenters. The molecule has 0 radical (unpaired) electrons. The van der Waals surface area contributed by atoms with Crippen molar-refractivity contribution in [2.75, 3.05) is 19.5 Å². The van der Waals surface area contributed by atoms with E-state index in [4.69, 9.17) is 14.6 Å². The molecule has 1 heterocycles. The van der Waals surface area contributed by atoms with E-state index in [-0.39, 0.29) is 5.56 Å². The number of anilines is 2. The SMILES string of the molecule is COc1cc(C(=O)O)ccc1Nc1ncc(Br)c(OC)n1. The van der Waals surface area contributed by atoms with E-state index in [0.29, 0.717) is 27.7 Å². The second kappa shape index (κ2) is 6.40. The Labute approximate surface area is 129 Å². The van der Waals surface area contributed by atoms with Crippen LogP contribution >= 0.6 is 15.9 Å². The lowest BCUT2D eigenvalue weighted by Crippen LogP contribution is -2.03. The molecule has 0 amide bonds. The van der Waals surface area contributed by atoms with Gasteiger partial charge >= 0.3 is 5.97 Å². The minimum absolute atomic E-state index is 0.131. The van der Waals surface area contributed by atoms with Gasteiger partial charge in [0.2, 0.25) is 11.8 Å². The molecular formula is C13H12BrN3O4. The summed E-state index contributed by atoms with van der Waals surface area (Å²) in [5, 5.41) is 11.9. The average molecular weight is 354 g/mol. The molecule has 1 aromatic heterocycles. The summed E-state index contributed by atoms with van der Waals surface area (Å²) in [6, 6.07) is 4.46. The highest BCUT2D eigenvalue weighted by Gasteiger charge is 2.11. The lowest BCUT2D eigenvalue weighted by atomic mass is 10.2. The standard InChI is InChI=1S/C13H12BrN3O4/c1-20-10-5-7(12(18)19)3-4-9(10)16-13-15-6-8(14)11(17-13)21-2/h3-6H,1-2H3,(H,18,19)(H,15,16,17). The Balaban J connectivity index is 2.33. The predicted octanol–water partition coefficient (Wildman–Crippen LogP) is 2.70. The molecule has 0 aliphatic rings. The molecule has 2 N–H and O–H groups in total. The summed E-state index contributed by atoms with van der Waals surface area (Å²) >= 11 is 3.26. The van der Waals surface area contributed by atoms with E-state index in [2.05, 4.69) is 31.2 Å². The number of rotatable bonds is 5. The molecule has 110 valence electrons. The first kappa shape index (κ1) is 15.0. The fourth-order valence-corrected chi connectivity index (χ4v) is 1.96. The lowest BCUT2D eigenvalue weighted by molar-refractivity contribution is 0.0696. The van der Waals surface area contributed by atoms with Crippen LogP contribution in [-0.2, 0) is 0 Å². The maximum absolute atomic E-state index is 10.9. The van der Waals surface area contributed by atoms with Crippen molar-refractivity contribution in [3.05, 3.63) is 34.4 Å². The van der Waals surface area contributed by atoms with Crippen LogP contribution in [0.4, 0.5) is 11.6 Å². The van der Waals surface area contributed by atoms with E-state index in [1.807, 2.05) is 0 Å². The molecular weight excluding hydrogens is 342 g/mol. The number of benzene rings is 1. The highest BCUT2D eigenvalue weighted by Crippen LogP contribution is 2.29. The van der Waals surface area contributed by atoms with Crippen LogP contribution in [0, 0.1) is 0 Å². The third-order valence-electron chi connectivity index (χ3n) is 2.60. The number of carboxylic acids is 1. The Bertz CT molecular complexity index is 678. The number of aromatic nitrogens is 2. The molecule has 0 saturated carbocycles. The van der Waals surface area contributed by atoms with Crippen molar-refractivity contribution in [1.82, 2.24) is 9.97 Å². The Kier molecular flexibility index (Phi) is 4.59. The average Bonchev–Trinajstić information content (AvgIpc) is 2.49. The molecule has 2 rings (SSSR count). The number of halogens is 1. The van der Waals surface area contributed by atoms with E-state index in [1.54, 1.807) is 12.3 Å². The molecule has 2 aromatic rings. The molecule has 0 fully saturated rings. The van der Waals surface area contributed by atoms with Gasteiger partial charge in [-0.1, -0.05) is 0 Å². The molecule has 0 spiro atoms. The second-order valence-corrected chi connectivity index (χ2v) is 4.75. The molecule has 7 nitrogen and oxygen atoms in total. The van der Waals surface area contributed by atoms with Gasteiger partial charge in [0.1, 0.15) is 5.75 Å². The van der Waals surface area contributed by atoms with Crippen LogP contribution in [0.3, 0.4) is 0 Å². The first-order chi connectivity index (χ1) is 10.0. The molecule has 1 aromatic carbocycles. The van der Waals surface area contributed by atoms with Crippen LogP contribution in [0.1, 0.15) is 10.4 Å². The van der Waals surface area contributed by atoms with E-state index in [1.165, 1.54) is 26.4 Å². The molecule has 0 saturated heterocycles. The largest absolute Gasteiger partial charge is 0.495 e. The van der Waals surface area contributed by atoms with Crippen molar-refractivity contribution >= 4 is 33.5 Å². The molecule has 0 unspecified atom stereocenters. The zero-order chi connectivity index (χ0) is 15.4. The van der Waals surface area contributed by atoms with E-state index in [0.717, 1.165) is 0 Å². The number of aromatic carboxylic acids is 1. The third-order valence-corrected chi connectivity index (χ3v) is 3.14.